The van der Waals surface area contributed by atoms with Crippen molar-refractivity contribution in [3.63, 3.8) is 0 Å². The molecule has 5 aromatic rings. The highest BCUT2D eigenvalue weighted by molar-refractivity contribution is 7.99. The van der Waals surface area contributed by atoms with E-state index in [1.807, 2.05) is 31.2 Å². The van der Waals surface area contributed by atoms with Crippen LogP contribution in [0, 0.1) is 24.4 Å². The van der Waals surface area contributed by atoms with E-state index in [1.165, 1.54) is 48.1 Å². The van der Waals surface area contributed by atoms with Crippen molar-refractivity contribution in [1.82, 2.24) is 14.2 Å². The average Bonchev–Trinajstić information content (AvgIpc) is 3.51. The van der Waals surface area contributed by atoms with Crippen molar-refractivity contribution >= 4 is 34.6 Å². The van der Waals surface area contributed by atoms with Crippen LogP contribution in [0.15, 0.2) is 76.8 Å². The van der Waals surface area contributed by atoms with Crippen LogP contribution in [0.4, 0.5) is 13.2 Å². The normalized spacial score (nSPS) is 11.3. The predicted molar refractivity (Wildman–Crippen MR) is 130 cm³/mol. The third-order valence-corrected chi connectivity index (χ3v) is 7.08. The van der Waals surface area contributed by atoms with E-state index in [9.17, 15) is 4.39 Å². The van der Waals surface area contributed by atoms with Crippen molar-refractivity contribution in [3.8, 4) is 22.8 Å². The molecule has 2 heterocycles. The van der Waals surface area contributed by atoms with E-state index in [0.717, 1.165) is 10.5 Å². The number of nitrogens with zero attached hydrogens (tertiary/aromatic N) is 2. The molecule has 0 fully saturated rings. The number of aromatic nitrogens is 3. The minimum atomic E-state index is -1.10. The molecule has 0 bridgehead atoms. The van der Waals surface area contributed by atoms with Crippen LogP contribution in [0.3, 0.4) is 0 Å². The number of benzene rings is 3. The summed E-state index contributed by atoms with van der Waals surface area (Å²) in [4.78, 5) is 1.34. The van der Waals surface area contributed by atoms with E-state index in [2.05, 4.69) is 10.2 Å². The molecule has 0 atom stereocenters. The Balaban J connectivity index is 1.57. The lowest BCUT2D eigenvalue weighted by molar-refractivity contribution is 0.409. The van der Waals surface area contributed by atoms with Crippen molar-refractivity contribution in [2.45, 2.75) is 16.7 Å². The van der Waals surface area contributed by atoms with Crippen LogP contribution in [0.5, 0.6) is 11.5 Å². The highest BCUT2D eigenvalue weighted by Crippen LogP contribution is 2.44. The molecule has 0 aliphatic rings. The minimum absolute atomic E-state index is 0.136. The Hall–Kier alpha value is -3.30. The van der Waals surface area contributed by atoms with E-state index in [1.54, 1.807) is 28.6 Å². The fourth-order valence-electron chi connectivity index (χ4n) is 3.62. The van der Waals surface area contributed by atoms with Gasteiger partial charge in [0, 0.05) is 28.2 Å². The zero-order valence-electron chi connectivity index (χ0n) is 18.1. The predicted octanol–water partition coefficient (Wildman–Crippen LogP) is 7.83. The van der Waals surface area contributed by atoms with Crippen LogP contribution in [0.2, 0.25) is 0 Å². The van der Waals surface area contributed by atoms with Crippen molar-refractivity contribution in [2.75, 3.05) is 6.26 Å². The largest absolute Gasteiger partial charge is 0.453 e. The van der Waals surface area contributed by atoms with E-state index < -0.39 is 17.5 Å². The summed E-state index contributed by atoms with van der Waals surface area (Å²) < 4.78 is 52.4. The first-order valence-electron chi connectivity index (χ1n) is 10.2. The number of thioether (sulfide) groups is 1. The Bertz CT molecular complexity index is 1480. The van der Waals surface area contributed by atoms with Gasteiger partial charge in [0.1, 0.15) is 11.6 Å². The van der Waals surface area contributed by atoms with Gasteiger partial charge in [-0.3, -0.25) is 9.07 Å². The molecule has 9 heteroatoms. The Labute approximate surface area is 202 Å². The maximum absolute atomic E-state index is 15.3. The molecule has 0 amide bonds. The lowest BCUT2D eigenvalue weighted by Crippen LogP contribution is -1.99. The summed E-state index contributed by atoms with van der Waals surface area (Å²) in [6, 6.07) is 15.1. The molecule has 3 aromatic carbocycles. The van der Waals surface area contributed by atoms with Gasteiger partial charge in [0.05, 0.1) is 16.1 Å². The molecule has 0 saturated heterocycles. The summed E-state index contributed by atoms with van der Waals surface area (Å²) in [5.41, 5.74) is 1.91. The maximum Gasteiger partial charge on any atom is 0.204 e. The number of aryl methyl sites for hydroxylation is 1. The smallest absolute Gasteiger partial charge is 0.204 e. The molecule has 0 unspecified atom stereocenters. The molecule has 34 heavy (non-hydrogen) atoms. The summed E-state index contributed by atoms with van der Waals surface area (Å²) in [6.07, 6.45) is 4.97. The van der Waals surface area contributed by atoms with Gasteiger partial charge in [0.2, 0.25) is 5.82 Å². The molecular formula is C25H18F3N3OS2. The molecule has 172 valence electrons. The number of H-pyrrole nitrogens is 1. The van der Waals surface area contributed by atoms with Gasteiger partial charge in [0.25, 0.3) is 0 Å². The van der Waals surface area contributed by atoms with Crippen molar-refractivity contribution in [2.24, 2.45) is 0 Å². The van der Waals surface area contributed by atoms with Gasteiger partial charge in [0.15, 0.2) is 11.6 Å². The highest BCUT2D eigenvalue weighted by Gasteiger charge is 2.25. The lowest BCUT2D eigenvalue weighted by Gasteiger charge is -2.15. The zero-order valence-corrected chi connectivity index (χ0v) is 19.7. The lowest BCUT2D eigenvalue weighted by atomic mass is 10.1. The van der Waals surface area contributed by atoms with Crippen LogP contribution in [-0.4, -0.2) is 20.4 Å². The minimum Gasteiger partial charge on any atom is -0.453 e. The summed E-state index contributed by atoms with van der Waals surface area (Å²) in [6.45, 7) is 1.99. The van der Waals surface area contributed by atoms with Gasteiger partial charge in [-0.25, -0.2) is 8.78 Å². The van der Waals surface area contributed by atoms with E-state index in [-0.39, 0.29) is 22.6 Å². The number of hydrogen-bond donors (Lipinski definition) is 1. The van der Waals surface area contributed by atoms with Crippen molar-refractivity contribution in [1.29, 1.82) is 0 Å². The van der Waals surface area contributed by atoms with Crippen LogP contribution in [0.25, 0.3) is 22.2 Å². The molecule has 4 nitrogen and oxygen atoms in total. The molecule has 2 aromatic heterocycles. The second-order valence-electron chi connectivity index (χ2n) is 7.51. The topological polar surface area (TPSA) is 42.8 Å². The first kappa shape index (κ1) is 22.5. The number of halogens is 3. The van der Waals surface area contributed by atoms with Crippen molar-refractivity contribution < 1.29 is 17.9 Å². The molecule has 0 aliphatic heterocycles. The Morgan fingerprint density at radius 3 is 2.47 bits per heavy atom. The second kappa shape index (κ2) is 9.15. The highest BCUT2D eigenvalue weighted by atomic mass is 32.2. The number of rotatable bonds is 6. The number of hydrogen-bond acceptors (Lipinski definition) is 4. The summed E-state index contributed by atoms with van der Waals surface area (Å²) >= 11 is 2.54. The van der Waals surface area contributed by atoms with Gasteiger partial charge >= 0.3 is 0 Å². The SMILES string of the molecule is CSc1c(Oc2ccc(F)c(-c3ccn[nH]3)c2)c(F)c(F)c2c1ccn2Sc1ccc(C)cc1. The number of ether oxygens (including phenoxy) is 1. The van der Waals surface area contributed by atoms with E-state index in [4.69, 9.17) is 4.74 Å². The van der Waals surface area contributed by atoms with E-state index >= 15 is 8.78 Å². The van der Waals surface area contributed by atoms with Gasteiger partial charge in [-0.1, -0.05) is 17.7 Å². The average molecular weight is 498 g/mol. The second-order valence-corrected chi connectivity index (χ2v) is 9.38. The van der Waals surface area contributed by atoms with Gasteiger partial charge in [-0.05, 0) is 67.6 Å². The Morgan fingerprint density at radius 2 is 1.76 bits per heavy atom. The molecule has 0 radical (unpaired) electrons. The summed E-state index contributed by atoms with van der Waals surface area (Å²) in [5.74, 6) is -2.67. The van der Waals surface area contributed by atoms with Gasteiger partial charge < -0.3 is 4.74 Å². The van der Waals surface area contributed by atoms with Crippen LogP contribution >= 0.6 is 23.7 Å². The van der Waals surface area contributed by atoms with E-state index in [0.29, 0.717) is 16.0 Å². The third-order valence-electron chi connectivity index (χ3n) is 5.28. The standard InChI is InChI=1S/C25H18F3N3OS2/c1-14-3-6-16(7-4-14)34-31-12-10-17-23(31)21(27)22(28)24(25(17)33-2)32-15-5-8-19(26)18(13-15)20-9-11-29-30-20/h3-13H,1-2H3,(H,29,30). The first-order valence-corrected chi connectivity index (χ1v) is 12.2. The fraction of sp³-hybridized carbons (Fsp3) is 0.0800. The van der Waals surface area contributed by atoms with Crippen LogP contribution < -0.4 is 4.74 Å². The van der Waals surface area contributed by atoms with Gasteiger partial charge in [-0.2, -0.15) is 9.49 Å². The zero-order chi connectivity index (χ0) is 23.8. The summed E-state index contributed by atoms with van der Waals surface area (Å²) in [7, 11) is 0. The number of nitrogens with one attached hydrogen (secondary N) is 1. The summed E-state index contributed by atoms with van der Waals surface area (Å²) in [5, 5.41) is 7.04. The van der Waals surface area contributed by atoms with Crippen LogP contribution in [0.1, 0.15) is 5.56 Å². The fourth-order valence-corrected chi connectivity index (χ4v) is 5.20. The molecule has 0 saturated carbocycles. The molecule has 0 aliphatic carbocycles. The number of aromatic amines is 1. The van der Waals surface area contributed by atoms with Gasteiger partial charge in [-0.15, -0.1) is 11.8 Å². The molecule has 5 rings (SSSR count). The molecule has 1 N–H and O–H groups in total. The third kappa shape index (κ3) is 4.05. The Morgan fingerprint density at radius 1 is 0.971 bits per heavy atom. The van der Waals surface area contributed by atoms with Crippen molar-refractivity contribution in [3.05, 3.63) is 90.0 Å². The maximum atomic E-state index is 15.3. The quantitative estimate of drug-likeness (QED) is 0.243. The first-order chi connectivity index (χ1) is 16.5. The number of fused-ring (bicyclic) bond motifs is 1. The molecule has 0 spiro atoms. The van der Waals surface area contributed by atoms with Crippen LogP contribution in [-0.2, 0) is 0 Å². The Kier molecular flexibility index (Phi) is 6.05. The monoisotopic (exact) mass is 497 g/mol. The molecular weight excluding hydrogens is 479 g/mol.